The fraction of sp³-hybridized carbons (Fsp3) is 0.300. The lowest BCUT2D eigenvalue weighted by Gasteiger charge is -2.24. The Bertz CT molecular complexity index is 925. The van der Waals surface area contributed by atoms with Crippen molar-refractivity contribution >= 4 is 48.5 Å². The number of amides is 1. The van der Waals surface area contributed by atoms with Crippen LogP contribution in [0.25, 0.3) is 10.2 Å². The molecule has 0 fully saturated rings. The van der Waals surface area contributed by atoms with Gasteiger partial charge in [-0.15, -0.1) is 0 Å². The molecule has 0 bridgehead atoms. The van der Waals surface area contributed by atoms with E-state index in [1.165, 1.54) is 35.6 Å². The van der Waals surface area contributed by atoms with Gasteiger partial charge in [0.05, 0.1) is 10.2 Å². The molecule has 0 atom stereocenters. The first-order valence-corrected chi connectivity index (χ1v) is 10.5. The average molecular weight is 450 g/mol. The van der Waals surface area contributed by atoms with Crippen LogP contribution in [0.5, 0.6) is 0 Å². The highest BCUT2D eigenvalue weighted by Gasteiger charge is 2.22. The van der Waals surface area contributed by atoms with Gasteiger partial charge in [0.25, 0.3) is 5.91 Å². The number of hydrogen-bond acceptors (Lipinski definition) is 4. The number of halogens is 2. The Labute approximate surface area is 170 Å². The number of carbonyl (C=O) groups is 1. The molecule has 0 aliphatic carbocycles. The van der Waals surface area contributed by atoms with Gasteiger partial charge in [0.2, 0.25) is 0 Å². The van der Waals surface area contributed by atoms with E-state index in [2.05, 4.69) is 39.7 Å². The maximum atomic E-state index is 13.3. The maximum absolute atomic E-state index is 13.3. The lowest BCUT2D eigenvalue weighted by atomic mass is 10.2. The molecule has 1 heterocycles. The molecule has 0 aliphatic heterocycles. The minimum atomic E-state index is -0.355. The molecule has 0 aliphatic rings. The zero-order chi connectivity index (χ0) is 19.4. The van der Waals surface area contributed by atoms with Crippen LogP contribution in [0.15, 0.2) is 46.9 Å². The first kappa shape index (κ1) is 19.9. The first-order chi connectivity index (χ1) is 13.0. The van der Waals surface area contributed by atoms with E-state index in [-0.39, 0.29) is 11.7 Å². The summed E-state index contributed by atoms with van der Waals surface area (Å²) in [6.07, 6.45) is 0. The summed E-state index contributed by atoms with van der Waals surface area (Å²) in [7, 11) is 0. The van der Waals surface area contributed by atoms with Gasteiger partial charge in [-0.1, -0.05) is 41.1 Å². The van der Waals surface area contributed by atoms with Gasteiger partial charge in [0.1, 0.15) is 5.82 Å². The van der Waals surface area contributed by atoms with Crippen LogP contribution in [0.1, 0.15) is 24.2 Å². The molecule has 27 heavy (non-hydrogen) atoms. The van der Waals surface area contributed by atoms with Crippen LogP contribution in [0, 0.1) is 5.82 Å². The highest BCUT2D eigenvalue weighted by molar-refractivity contribution is 9.10. The number of benzene rings is 2. The molecule has 0 spiro atoms. The molecule has 3 aromatic rings. The molecule has 7 heteroatoms. The van der Waals surface area contributed by atoms with Crippen LogP contribution < -0.4 is 4.90 Å². The molecule has 142 valence electrons. The summed E-state index contributed by atoms with van der Waals surface area (Å²) in [5, 5.41) is 0.657. The van der Waals surface area contributed by atoms with Crippen molar-refractivity contribution in [2.24, 2.45) is 0 Å². The van der Waals surface area contributed by atoms with Crippen molar-refractivity contribution < 1.29 is 9.18 Å². The summed E-state index contributed by atoms with van der Waals surface area (Å²) in [4.78, 5) is 21.7. The van der Waals surface area contributed by atoms with E-state index in [1.807, 2.05) is 18.2 Å². The largest absolute Gasteiger partial charge is 0.302 e. The smallest absolute Gasteiger partial charge is 0.260 e. The highest BCUT2D eigenvalue weighted by Crippen LogP contribution is 2.31. The van der Waals surface area contributed by atoms with E-state index in [0.717, 1.165) is 34.3 Å². The first-order valence-electron chi connectivity index (χ1n) is 8.87. The number of rotatable bonds is 7. The molecule has 0 saturated heterocycles. The normalized spacial score (nSPS) is 11.3. The molecule has 0 N–H and O–H groups in total. The zero-order valence-corrected chi connectivity index (χ0v) is 17.7. The van der Waals surface area contributed by atoms with Gasteiger partial charge >= 0.3 is 0 Å². The van der Waals surface area contributed by atoms with E-state index in [9.17, 15) is 9.18 Å². The standard InChI is InChI=1S/C20H21BrFN3OS/c1-3-24(4-2)11-12-25(19(26)14-5-8-16(22)9-6-14)20-23-17-10-7-15(21)13-18(17)27-20/h5-10,13H,3-4,11-12H2,1-2H3. The van der Waals surface area contributed by atoms with Gasteiger partial charge in [-0.05, 0) is 55.6 Å². The van der Waals surface area contributed by atoms with Crippen LogP contribution in [-0.4, -0.2) is 42.0 Å². The fourth-order valence-corrected chi connectivity index (χ4v) is 4.36. The van der Waals surface area contributed by atoms with Crippen molar-refractivity contribution in [3.63, 3.8) is 0 Å². The minimum Gasteiger partial charge on any atom is -0.302 e. The number of thiazole rings is 1. The summed E-state index contributed by atoms with van der Waals surface area (Å²) < 4.78 is 15.2. The van der Waals surface area contributed by atoms with Crippen LogP contribution in [0.2, 0.25) is 0 Å². The SMILES string of the molecule is CCN(CC)CCN(C(=O)c1ccc(F)cc1)c1nc2ccc(Br)cc2s1. The summed E-state index contributed by atoms with van der Waals surface area (Å²) in [6.45, 7) is 7.32. The number of anilines is 1. The van der Waals surface area contributed by atoms with Gasteiger partial charge in [0, 0.05) is 23.1 Å². The van der Waals surface area contributed by atoms with Crippen molar-refractivity contribution in [3.05, 3.63) is 58.3 Å². The average Bonchev–Trinajstić information content (AvgIpc) is 3.08. The van der Waals surface area contributed by atoms with E-state index < -0.39 is 0 Å². The summed E-state index contributed by atoms with van der Waals surface area (Å²) in [6, 6.07) is 11.5. The third-order valence-corrected chi connectivity index (χ3v) is 5.98. The summed E-state index contributed by atoms with van der Waals surface area (Å²) in [5.41, 5.74) is 1.31. The Kier molecular flexibility index (Phi) is 6.57. The molecule has 4 nitrogen and oxygen atoms in total. The van der Waals surface area contributed by atoms with E-state index in [4.69, 9.17) is 0 Å². The predicted molar refractivity (Wildman–Crippen MR) is 113 cm³/mol. The summed E-state index contributed by atoms with van der Waals surface area (Å²) >= 11 is 4.96. The lowest BCUT2D eigenvalue weighted by molar-refractivity contribution is 0.0983. The maximum Gasteiger partial charge on any atom is 0.260 e. The number of likely N-dealkylation sites (N-methyl/N-ethyl adjacent to an activating group) is 1. The molecule has 0 radical (unpaired) electrons. The Morgan fingerprint density at radius 2 is 1.81 bits per heavy atom. The Hall–Kier alpha value is -1.83. The second-order valence-electron chi connectivity index (χ2n) is 6.10. The zero-order valence-electron chi connectivity index (χ0n) is 15.3. The second kappa shape index (κ2) is 8.91. The molecule has 1 amide bonds. The quantitative estimate of drug-likeness (QED) is 0.498. The second-order valence-corrected chi connectivity index (χ2v) is 8.02. The van der Waals surface area contributed by atoms with Gasteiger partial charge < -0.3 is 4.90 Å². The lowest BCUT2D eigenvalue weighted by Crippen LogP contribution is -2.38. The van der Waals surface area contributed by atoms with Crippen molar-refractivity contribution in [2.75, 3.05) is 31.1 Å². The number of carbonyl (C=O) groups excluding carboxylic acids is 1. The number of hydrogen-bond donors (Lipinski definition) is 0. The Morgan fingerprint density at radius 3 is 2.48 bits per heavy atom. The number of aromatic nitrogens is 1. The molecular weight excluding hydrogens is 429 g/mol. The van der Waals surface area contributed by atoms with Crippen LogP contribution in [0.3, 0.4) is 0 Å². The highest BCUT2D eigenvalue weighted by atomic mass is 79.9. The Morgan fingerprint density at radius 1 is 1.11 bits per heavy atom. The van der Waals surface area contributed by atoms with Gasteiger partial charge in [-0.3, -0.25) is 9.69 Å². The monoisotopic (exact) mass is 449 g/mol. The van der Waals surface area contributed by atoms with Crippen molar-refractivity contribution in [3.8, 4) is 0 Å². The predicted octanol–water partition coefficient (Wildman–Crippen LogP) is 5.19. The van der Waals surface area contributed by atoms with Crippen molar-refractivity contribution in [2.45, 2.75) is 13.8 Å². The topological polar surface area (TPSA) is 36.4 Å². The van der Waals surface area contributed by atoms with Crippen molar-refractivity contribution in [1.29, 1.82) is 0 Å². The minimum absolute atomic E-state index is 0.166. The van der Waals surface area contributed by atoms with Crippen LogP contribution >= 0.6 is 27.3 Å². The molecule has 1 aromatic heterocycles. The Balaban J connectivity index is 1.94. The van der Waals surface area contributed by atoms with Crippen LogP contribution in [-0.2, 0) is 0 Å². The molecule has 0 unspecified atom stereocenters. The number of nitrogens with zero attached hydrogens (tertiary/aromatic N) is 3. The van der Waals surface area contributed by atoms with E-state index in [0.29, 0.717) is 17.2 Å². The van der Waals surface area contributed by atoms with Crippen molar-refractivity contribution in [1.82, 2.24) is 9.88 Å². The summed E-state index contributed by atoms with van der Waals surface area (Å²) in [5.74, 6) is -0.522. The van der Waals surface area contributed by atoms with E-state index in [1.54, 1.807) is 4.90 Å². The van der Waals surface area contributed by atoms with Gasteiger partial charge in [-0.2, -0.15) is 0 Å². The molecule has 2 aromatic carbocycles. The molecular formula is C20H21BrFN3OS. The van der Waals surface area contributed by atoms with Crippen LogP contribution in [0.4, 0.5) is 9.52 Å². The number of fused-ring (bicyclic) bond motifs is 1. The fourth-order valence-electron chi connectivity index (χ4n) is 2.82. The third-order valence-electron chi connectivity index (χ3n) is 4.44. The molecule has 3 rings (SSSR count). The molecule has 0 saturated carbocycles. The third kappa shape index (κ3) is 4.72. The van der Waals surface area contributed by atoms with Gasteiger partial charge in [-0.25, -0.2) is 9.37 Å². The van der Waals surface area contributed by atoms with Gasteiger partial charge in [0.15, 0.2) is 5.13 Å². The van der Waals surface area contributed by atoms with E-state index >= 15 is 0 Å².